The van der Waals surface area contributed by atoms with Gasteiger partial charge in [-0.1, -0.05) is 60.7 Å². The second-order valence-corrected chi connectivity index (χ2v) is 6.77. The van der Waals surface area contributed by atoms with Gasteiger partial charge >= 0.3 is 10.4 Å². The van der Waals surface area contributed by atoms with Gasteiger partial charge in [-0.3, -0.25) is 9.11 Å². The largest absolute Gasteiger partial charge is 0.394 e. The van der Waals surface area contributed by atoms with E-state index in [2.05, 4.69) is 0 Å². The zero-order chi connectivity index (χ0) is 21.0. The van der Waals surface area contributed by atoms with Crippen molar-refractivity contribution in [2.45, 2.75) is 38.1 Å². The van der Waals surface area contributed by atoms with Gasteiger partial charge in [0.2, 0.25) is 0 Å². The van der Waals surface area contributed by atoms with Gasteiger partial charge < -0.3 is 21.7 Å². The lowest BCUT2D eigenvalue weighted by atomic mass is 10.0. The molecule has 2 aromatic rings. The molecule has 152 valence electrons. The normalized spacial score (nSPS) is 15.1. The van der Waals surface area contributed by atoms with E-state index in [1.807, 2.05) is 60.7 Å². The van der Waals surface area contributed by atoms with Crippen molar-refractivity contribution in [3.05, 3.63) is 71.8 Å². The predicted molar refractivity (Wildman–Crippen MR) is 104 cm³/mol. The topological polar surface area (TPSA) is 167 Å². The first-order valence-corrected chi connectivity index (χ1v) is 9.50. The molecule has 0 aliphatic carbocycles. The summed E-state index contributed by atoms with van der Waals surface area (Å²) in [5.74, 6) is 0. The monoisotopic (exact) mass is 400 g/mol. The molecule has 0 amide bonds. The smallest absolute Gasteiger partial charge is 0.387 e. The van der Waals surface area contributed by atoms with Crippen LogP contribution < -0.4 is 11.5 Å². The molecule has 0 saturated heterocycles. The van der Waals surface area contributed by atoms with E-state index in [-0.39, 0.29) is 12.1 Å². The number of rotatable bonds is 4. The third-order valence-corrected chi connectivity index (χ3v) is 3.28. The number of nitrogens with two attached hydrogens (primary N) is 2. The lowest BCUT2D eigenvalue weighted by molar-refractivity contribution is 0.153. The molecule has 0 heterocycles. The van der Waals surface area contributed by atoms with Gasteiger partial charge in [-0.05, 0) is 25.0 Å². The molecule has 8 nitrogen and oxygen atoms in total. The van der Waals surface area contributed by atoms with E-state index >= 15 is 0 Å². The Labute approximate surface area is 160 Å². The third kappa shape index (κ3) is 13.0. The van der Waals surface area contributed by atoms with Crippen LogP contribution in [-0.4, -0.2) is 39.8 Å². The highest BCUT2D eigenvalue weighted by atomic mass is 32.3. The molecule has 0 fully saturated rings. The van der Waals surface area contributed by atoms with Crippen molar-refractivity contribution < 1.29 is 27.7 Å². The number of hydrogen-bond acceptors (Lipinski definition) is 6. The number of benzene rings is 2. The molecule has 2 rings (SSSR count). The first kappa shape index (κ1) is 25.1. The Kier molecular flexibility index (Phi) is 11.7. The van der Waals surface area contributed by atoms with Crippen molar-refractivity contribution >= 4 is 10.4 Å². The molecule has 0 saturated carbocycles. The van der Waals surface area contributed by atoms with Crippen molar-refractivity contribution in [3.8, 4) is 0 Å². The van der Waals surface area contributed by atoms with Crippen LogP contribution in [0.1, 0.15) is 37.2 Å². The van der Waals surface area contributed by atoms with Crippen molar-refractivity contribution in [2.24, 2.45) is 11.5 Å². The van der Waals surface area contributed by atoms with Crippen LogP contribution in [0.4, 0.5) is 0 Å². The average Bonchev–Trinajstić information content (AvgIpc) is 2.61. The number of aliphatic hydroxyl groups is 2. The Bertz CT molecular complexity index is 667. The highest BCUT2D eigenvalue weighted by Gasteiger charge is 2.11. The average molecular weight is 400 g/mol. The van der Waals surface area contributed by atoms with E-state index < -0.39 is 22.6 Å². The van der Waals surface area contributed by atoms with Gasteiger partial charge in [0.15, 0.2) is 0 Å². The van der Waals surface area contributed by atoms with Crippen LogP contribution in [0, 0.1) is 0 Å². The highest BCUT2D eigenvalue weighted by molar-refractivity contribution is 7.79. The fourth-order valence-corrected chi connectivity index (χ4v) is 1.91. The molecule has 0 aromatic heterocycles. The molecule has 2 aromatic carbocycles. The zero-order valence-corrected chi connectivity index (χ0v) is 16.1. The Balaban J connectivity index is 0.000000405. The molecular formula is C18H28N2O6S. The zero-order valence-electron chi connectivity index (χ0n) is 15.3. The lowest BCUT2D eigenvalue weighted by Gasteiger charge is -2.13. The summed E-state index contributed by atoms with van der Waals surface area (Å²) in [6, 6.07) is 18.4. The number of aliphatic hydroxyl groups excluding tert-OH is 2. The molecule has 9 heteroatoms. The molecule has 4 atom stereocenters. The summed E-state index contributed by atoms with van der Waals surface area (Å²) >= 11 is 0. The fourth-order valence-electron chi connectivity index (χ4n) is 1.91. The first-order chi connectivity index (χ1) is 12.4. The van der Waals surface area contributed by atoms with Gasteiger partial charge in [0.1, 0.15) is 0 Å². The Morgan fingerprint density at radius 2 is 0.926 bits per heavy atom. The molecule has 0 unspecified atom stereocenters. The number of hydrogen-bond donors (Lipinski definition) is 6. The maximum Gasteiger partial charge on any atom is 0.394 e. The summed E-state index contributed by atoms with van der Waals surface area (Å²) in [6.45, 7) is 3.58. The van der Waals surface area contributed by atoms with Gasteiger partial charge in [-0.2, -0.15) is 8.42 Å². The molecule has 8 N–H and O–H groups in total. The summed E-state index contributed by atoms with van der Waals surface area (Å²) < 4.78 is 31.6. The minimum Gasteiger partial charge on any atom is -0.387 e. The fraction of sp³-hybridized carbons (Fsp3) is 0.333. The maximum atomic E-state index is 9.47. The standard InChI is InChI=1S/2C9H13NO.H2O4S/c2*1-7(10)9(11)8-5-3-2-4-6-8;1-5(2,3)4/h2*2-7,9,11H,10H2,1H3;(H2,1,2,3,4)/t2*7-,9-;/m00./s1. The minimum absolute atomic E-state index is 0.211. The highest BCUT2D eigenvalue weighted by Crippen LogP contribution is 2.14. The van der Waals surface area contributed by atoms with Crippen LogP contribution in [0.25, 0.3) is 0 Å². The summed E-state index contributed by atoms with van der Waals surface area (Å²) in [4.78, 5) is 0. The van der Waals surface area contributed by atoms with Crippen molar-refractivity contribution in [2.75, 3.05) is 0 Å². The van der Waals surface area contributed by atoms with E-state index in [1.165, 1.54) is 0 Å². The second kappa shape index (κ2) is 12.5. The Hall–Kier alpha value is -1.85. The lowest BCUT2D eigenvalue weighted by Crippen LogP contribution is -2.24. The van der Waals surface area contributed by atoms with Gasteiger partial charge in [-0.15, -0.1) is 0 Å². The van der Waals surface area contributed by atoms with Gasteiger partial charge in [0, 0.05) is 12.1 Å². The van der Waals surface area contributed by atoms with Gasteiger partial charge in [0.05, 0.1) is 12.2 Å². The van der Waals surface area contributed by atoms with Crippen molar-refractivity contribution in [1.82, 2.24) is 0 Å². The third-order valence-electron chi connectivity index (χ3n) is 3.28. The second-order valence-electron chi connectivity index (χ2n) is 5.88. The van der Waals surface area contributed by atoms with E-state index in [4.69, 9.17) is 29.0 Å². The van der Waals surface area contributed by atoms with Crippen LogP contribution in [0.2, 0.25) is 0 Å². The SMILES string of the molecule is C[C@H](N)[C@H](O)c1ccccc1.C[C@H](N)[C@H](O)c1ccccc1.O=S(=O)(O)O. The quantitative estimate of drug-likeness (QED) is 0.420. The summed E-state index contributed by atoms with van der Waals surface area (Å²) in [5, 5.41) is 18.9. The summed E-state index contributed by atoms with van der Waals surface area (Å²) in [7, 11) is -4.67. The Morgan fingerprint density at radius 3 is 1.11 bits per heavy atom. The van der Waals surface area contributed by atoms with E-state index in [9.17, 15) is 10.2 Å². The Morgan fingerprint density at radius 1 is 0.704 bits per heavy atom. The maximum absolute atomic E-state index is 9.47. The van der Waals surface area contributed by atoms with Crippen LogP contribution >= 0.6 is 0 Å². The van der Waals surface area contributed by atoms with E-state index in [0.29, 0.717) is 0 Å². The molecule has 0 aliphatic rings. The molecule has 0 radical (unpaired) electrons. The summed E-state index contributed by atoms with van der Waals surface area (Å²) in [6.07, 6.45) is -1.09. The molecule has 27 heavy (non-hydrogen) atoms. The first-order valence-electron chi connectivity index (χ1n) is 8.10. The van der Waals surface area contributed by atoms with Crippen LogP contribution in [-0.2, 0) is 10.4 Å². The van der Waals surface area contributed by atoms with Crippen molar-refractivity contribution in [3.63, 3.8) is 0 Å². The molecule has 0 spiro atoms. The van der Waals surface area contributed by atoms with Crippen molar-refractivity contribution in [1.29, 1.82) is 0 Å². The predicted octanol–water partition coefficient (Wildman–Crippen LogP) is 1.48. The minimum atomic E-state index is -4.67. The molecular weight excluding hydrogens is 372 g/mol. The van der Waals surface area contributed by atoms with Gasteiger partial charge in [0.25, 0.3) is 0 Å². The van der Waals surface area contributed by atoms with E-state index in [0.717, 1.165) is 11.1 Å². The van der Waals surface area contributed by atoms with Crippen LogP contribution in [0.5, 0.6) is 0 Å². The van der Waals surface area contributed by atoms with Gasteiger partial charge in [-0.25, -0.2) is 0 Å². The molecule has 0 aliphatic heterocycles. The molecule has 0 bridgehead atoms. The van der Waals surface area contributed by atoms with E-state index in [1.54, 1.807) is 13.8 Å². The van der Waals surface area contributed by atoms with Crippen LogP contribution in [0.15, 0.2) is 60.7 Å². The van der Waals surface area contributed by atoms with Crippen LogP contribution in [0.3, 0.4) is 0 Å². The summed E-state index contributed by atoms with van der Waals surface area (Å²) in [5.41, 5.74) is 12.8.